The number of carbonyl (C=O) groups excluding carboxylic acids is 1. The quantitative estimate of drug-likeness (QED) is 0.406. The molecule has 0 radical (unpaired) electrons. The Morgan fingerprint density at radius 3 is 2.51 bits per heavy atom. The number of aromatic nitrogens is 2. The van der Waals surface area contributed by atoms with Crippen molar-refractivity contribution in [3.05, 3.63) is 52.8 Å². The van der Waals surface area contributed by atoms with Gasteiger partial charge in [0.1, 0.15) is 11.6 Å². The number of fused-ring (bicyclic) bond motifs is 1. The highest BCUT2D eigenvalue weighted by Crippen LogP contribution is 2.34. The fourth-order valence-corrected chi connectivity index (χ4v) is 4.20. The number of nitrogens with zero attached hydrogens (tertiary/aromatic N) is 3. The maximum Gasteiger partial charge on any atom is 0.416 e. The molecule has 1 amide bonds. The molecule has 0 bridgehead atoms. The number of nitrogens with one attached hydrogen (secondary N) is 3. The Labute approximate surface area is 201 Å². The minimum atomic E-state index is -4.50. The minimum absolute atomic E-state index is 0.0285. The maximum absolute atomic E-state index is 13.3. The van der Waals surface area contributed by atoms with E-state index >= 15 is 0 Å². The van der Waals surface area contributed by atoms with E-state index in [1.165, 1.54) is 6.07 Å². The van der Waals surface area contributed by atoms with Crippen molar-refractivity contribution in [3.63, 3.8) is 0 Å². The molecule has 8 nitrogen and oxygen atoms in total. The summed E-state index contributed by atoms with van der Waals surface area (Å²) in [6.45, 7) is 6.17. The average molecular weight is 488 g/mol. The Bertz CT molecular complexity index is 1260. The van der Waals surface area contributed by atoms with Crippen LogP contribution in [0.4, 0.5) is 30.4 Å². The molecule has 1 atom stereocenters. The Morgan fingerprint density at radius 1 is 1.14 bits per heavy atom. The normalized spacial score (nSPS) is 15.2. The molecule has 4 rings (SSSR count). The van der Waals surface area contributed by atoms with Crippen LogP contribution in [0.3, 0.4) is 0 Å². The smallest absolute Gasteiger partial charge is 0.399 e. The highest BCUT2D eigenvalue weighted by molar-refractivity contribution is 6.05. The third-order valence-corrected chi connectivity index (χ3v) is 6.01. The number of rotatable bonds is 5. The summed E-state index contributed by atoms with van der Waals surface area (Å²) in [5, 5.41) is 10.2. The Morgan fingerprint density at radius 2 is 1.86 bits per heavy atom. The first kappa shape index (κ1) is 24.5. The van der Waals surface area contributed by atoms with Crippen LogP contribution in [-0.2, 0) is 6.18 Å². The summed E-state index contributed by atoms with van der Waals surface area (Å²) in [5.41, 5.74) is 7.03. The molecule has 1 aliphatic heterocycles. The van der Waals surface area contributed by atoms with Crippen molar-refractivity contribution in [1.82, 2.24) is 20.2 Å². The molecule has 1 aliphatic rings. The van der Waals surface area contributed by atoms with Gasteiger partial charge in [-0.3, -0.25) is 4.79 Å². The van der Waals surface area contributed by atoms with Crippen LogP contribution in [0.1, 0.15) is 40.3 Å². The molecule has 1 saturated heterocycles. The zero-order chi connectivity index (χ0) is 25.3. The number of hydrogen-bond acceptors (Lipinski definition) is 7. The van der Waals surface area contributed by atoms with Crippen LogP contribution in [0.5, 0.6) is 0 Å². The van der Waals surface area contributed by atoms with Gasteiger partial charge in [0.05, 0.1) is 22.7 Å². The molecular weight excluding hydrogens is 459 g/mol. The first-order valence-corrected chi connectivity index (χ1v) is 11.3. The summed E-state index contributed by atoms with van der Waals surface area (Å²) in [7, 11) is 1.73. The summed E-state index contributed by atoms with van der Waals surface area (Å²) in [6, 6.07) is 6.49. The van der Waals surface area contributed by atoms with Crippen molar-refractivity contribution in [2.75, 3.05) is 49.6 Å². The van der Waals surface area contributed by atoms with Gasteiger partial charge in [-0.2, -0.15) is 13.2 Å². The summed E-state index contributed by atoms with van der Waals surface area (Å²) in [6.07, 6.45) is -4.50. The van der Waals surface area contributed by atoms with Crippen molar-refractivity contribution in [1.29, 1.82) is 0 Å². The van der Waals surface area contributed by atoms with Gasteiger partial charge in [0.15, 0.2) is 0 Å². The first-order chi connectivity index (χ1) is 16.6. The van der Waals surface area contributed by atoms with Crippen LogP contribution in [0.2, 0.25) is 0 Å². The lowest BCUT2D eigenvalue weighted by molar-refractivity contribution is -0.137. The lowest BCUT2D eigenvalue weighted by atomic mass is 10.0. The number of aryl methyl sites for hydroxylation is 1. The van der Waals surface area contributed by atoms with Gasteiger partial charge in [0.2, 0.25) is 0 Å². The number of piperazine rings is 1. The molecule has 1 fully saturated rings. The largest absolute Gasteiger partial charge is 0.416 e. The van der Waals surface area contributed by atoms with Crippen LogP contribution in [0.25, 0.3) is 10.9 Å². The summed E-state index contributed by atoms with van der Waals surface area (Å²) >= 11 is 0. The Hall–Kier alpha value is -3.60. The van der Waals surface area contributed by atoms with Crippen molar-refractivity contribution in [2.45, 2.75) is 26.1 Å². The number of anilines is 3. The fraction of sp³-hybridized carbons (Fsp3) is 0.375. The summed E-state index contributed by atoms with van der Waals surface area (Å²) in [4.78, 5) is 24.0. The number of nitrogen functional groups attached to an aromatic ring is 1. The molecule has 2 heterocycles. The van der Waals surface area contributed by atoms with Gasteiger partial charge in [0.25, 0.3) is 5.91 Å². The van der Waals surface area contributed by atoms with E-state index in [1.807, 2.05) is 0 Å². The van der Waals surface area contributed by atoms with Crippen LogP contribution in [-0.4, -0.2) is 54.0 Å². The second kappa shape index (κ2) is 9.57. The topological polar surface area (TPSA) is 108 Å². The highest BCUT2D eigenvalue weighted by atomic mass is 19.4. The van der Waals surface area contributed by atoms with Crippen molar-refractivity contribution in [3.8, 4) is 0 Å². The van der Waals surface area contributed by atoms with Gasteiger partial charge in [-0.25, -0.2) is 9.97 Å². The number of benzene rings is 2. The molecule has 1 unspecified atom stereocenters. The maximum atomic E-state index is 13.3. The van der Waals surface area contributed by atoms with Crippen LogP contribution < -0.4 is 21.7 Å². The molecule has 186 valence electrons. The van der Waals surface area contributed by atoms with E-state index in [2.05, 4.69) is 25.9 Å². The van der Waals surface area contributed by atoms with Crippen molar-refractivity contribution in [2.24, 2.45) is 0 Å². The molecule has 35 heavy (non-hydrogen) atoms. The number of nitrogens with two attached hydrogens (primary N) is 1. The molecular formula is C24H28F3N7O. The van der Waals surface area contributed by atoms with Gasteiger partial charge in [-0.05, 0) is 49.7 Å². The average Bonchev–Trinajstić information content (AvgIpc) is 2.82. The van der Waals surface area contributed by atoms with Gasteiger partial charge in [0, 0.05) is 50.0 Å². The SMILES string of the molecule is CNc1cc2c(NC(C)c3cc(N)cc(C(F)(F)F)c3)nc(C)nc2cc1C(=O)N1CCNCC1. The van der Waals surface area contributed by atoms with E-state index in [0.717, 1.165) is 25.2 Å². The molecule has 3 aromatic rings. The van der Waals surface area contributed by atoms with Gasteiger partial charge < -0.3 is 26.6 Å². The first-order valence-electron chi connectivity index (χ1n) is 11.3. The standard InChI is InChI=1S/C24H28F3N7O/c1-13(15-8-16(24(25,26)27)10-17(28)9-15)31-22-18-11-20(29-3)19(12-21(18)32-14(2)33-22)23(35)34-6-4-30-5-7-34/h8-13,29-30H,4-7,28H2,1-3H3,(H,31,32,33). The predicted octanol–water partition coefficient (Wildman–Crippen LogP) is 3.80. The number of halogens is 3. The zero-order valence-electron chi connectivity index (χ0n) is 19.8. The van der Waals surface area contributed by atoms with Crippen molar-refractivity contribution >= 4 is 34.0 Å². The van der Waals surface area contributed by atoms with E-state index in [-0.39, 0.29) is 11.6 Å². The van der Waals surface area contributed by atoms with Gasteiger partial charge >= 0.3 is 6.18 Å². The molecule has 5 N–H and O–H groups in total. The highest BCUT2D eigenvalue weighted by Gasteiger charge is 2.31. The molecule has 2 aromatic carbocycles. The zero-order valence-corrected chi connectivity index (χ0v) is 19.8. The number of hydrogen-bond donors (Lipinski definition) is 4. The van der Waals surface area contributed by atoms with E-state index in [1.54, 1.807) is 37.9 Å². The van der Waals surface area contributed by atoms with E-state index < -0.39 is 17.8 Å². The van der Waals surface area contributed by atoms with Crippen molar-refractivity contribution < 1.29 is 18.0 Å². The third-order valence-electron chi connectivity index (χ3n) is 6.01. The van der Waals surface area contributed by atoms with Gasteiger partial charge in [-0.15, -0.1) is 0 Å². The monoisotopic (exact) mass is 487 g/mol. The number of carbonyl (C=O) groups is 1. The molecule has 0 aliphatic carbocycles. The Kier molecular flexibility index (Phi) is 6.70. The lowest BCUT2D eigenvalue weighted by Crippen LogP contribution is -2.46. The lowest BCUT2D eigenvalue weighted by Gasteiger charge is -2.28. The van der Waals surface area contributed by atoms with Crippen LogP contribution in [0.15, 0.2) is 30.3 Å². The number of amides is 1. The summed E-state index contributed by atoms with van der Waals surface area (Å²) < 4.78 is 39.8. The van der Waals surface area contributed by atoms with Crippen LogP contribution in [0, 0.1) is 6.92 Å². The second-order valence-electron chi connectivity index (χ2n) is 8.58. The number of alkyl halides is 3. The molecule has 11 heteroatoms. The molecule has 0 saturated carbocycles. The predicted molar refractivity (Wildman–Crippen MR) is 130 cm³/mol. The fourth-order valence-electron chi connectivity index (χ4n) is 4.20. The van der Waals surface area contributed by atoms with E-state index in [9.17, 15) is 18.0 Å². The summed E-state index contributed by atoms with van der Waals surface area (Å²) in [5.74, 6) is 0.832. The molecule has 1 aromatic heterocycles. The van der Waals surface area contributed by atoms with E-state index in [4.69, 9.17) is 5.73 Å². The Balaban J connectivity index is 1.72. The van der Waals surface area contributed by atoms with E-state index in [0.29, 0.717) is 52.4 Å². The molecule has 0 spiro atoms. The van der Waals surface area contributed by atoms with Crippen LogP contribution >= 0.6 is 0 Å². The third kappa shape index (κ3) is 5.24. The van der Waals surface area contributed by atoms with Gasteiger partial charge in [-0.1, -0.05) is 0 Å². The minimum Gasteiger partial charge on any atom is -0.399 e. The second-order valence-corrected chi connectivity index (χ2v) is 8.58.